The number of phenols is 1. The Hall–Kier alpha value is -4.94. The first kappa shape index (κ1) is 46.6. The van der Waals surface area contributed by atoms with Gasteiger partial charge in [-0.3, -0.25) is 4.90 Å². The summed E-state index contributed by atoms with van der Waals surface area (Å²) in [5, 5.41) is 11.9. The number of phenolic OH excluding ortho intramolecular Hbond substituents is 1. The van der Waals surface area contributed by atoms with E-state index in [1.165, 1.54) is 59.1 Å². The van der Waals surface area contributed by atoms with Gasteiger partial charge in [0.05, 0.1) is 26.4 Å². The predicted molar refractivity (Wildman–Crippen MR) is 258 cm³/mol. The lowest BCUT2D eigenvalue weighted by molar-refractivity contribution is 0.256. The number of ether oxygens (including phenoxy) is 4. The van der Waals surface area contributed by atoms with E-state index in [0.717, 1.165) is 102 Å². The van der Waals surface area contributed by atoms with Gasteiger partial charge in [-0.2, -0.15) is 0 Å². The summed E-state index contributed by atoms with van der Waals surface area (Å²) in [6.45, 7) is 22.8. The topological polar surface area (TPSA) is 60.4 Å². The summed E-state index contributed by atoms with van der Waals surface area (Å²) < 4.78 is 27.0. The molecule has 0 aliphatic heterocycles. The minimum absolute atomic E-state index is 0.131. The van der Waals surface area contributed by atoms with Crippen LogP contribution >= 0.6 is 0 Å². The molecule has 0 aromatic heterocycles. The number of hydrogen-bond donors (Lipinski definition) is 1. The summed E-state index contributed by atoms with van der Waals surface area (Å²) >= 11 is 0. The lowest BCUT2D eigenvalue weighted by Crippen LogP contribution is -2.25. The maximum absolute atomic E-state index is 11.9. The van der Waals surface area contributed by atoms with Crippen molar-refractivity contribution in [2.24, 2.45) is 0 Å². The molecule has 0 saturated heterocycles. The van der Waals surface area contributed by atoms with Crippen molar-refractivity contribution in [1.82, 2.24) is 4.90 Å². The molecule has 62 heavy (non-hydrogen) atoms. The Balaban J connectivity index is 1.71. The Labute approximate surface area is 373 Å². The van der Waals surface area contributed by atoms with Gasteiger partial charge in [0.25, 0.3) is 0 Å². The van der Waals surface area contributed by atoms with Gasteiger partial charge in [-0.1, -0.05) is 114 Å². The maximum Gasteiger partial charge on any atom is 0.164 e. The molecule has 0 spiro atoms. The quantitative estimate of drug-likeness (QED) is 0.0779. The van der Waals surface area contributed by atoms with Gasteiger partial charge >= 0.3 is 0 Å². The second kappa shape index (κ2) is 22.9. The highest BCUT2D eigenvalue weighted by molar-refractivity contribution is 5.77. The fraction of sp³-hybridized carbons (Fsp3) is 0.464. The Morgan fingerprint density at radius 3 is 1.45 bits per heavy atom. The molecular formula is C56H73NO5. The number of hydrogen-bond acceptors (Lipinski definition) is 6. The van der Waals surface area contributed by atoms with Gasteiger partial charge in [0, 0.05) is 36.9 Å². The molecule has 0 saturated carbocycles. The largest absolute Gasteiger partial charge is 0.504 e. The van der Waals surface area contributed by atoms with Crippen LogP contribution in [0.5, 0.6) is 28.7 Å². The van der Waals surface area contributed by atoms with Gasteiger partial charge in [0.2, 0.25) is 0 Å². The minimum Gasteiger partial charge on any atom is -0.504 e. The molecule has 0 heterocycles. The Bertz CT molecular complexity index is 2210. The van der Waals surface area contributed by atoms with Crippen molar-refractivity contribution in [3.63, 3.8) is 0 Å². The number of aryl methyl sites for hydroxylation is 2. The highest BCUT2D eigenvalue weighted by atomic mass is 16.5. The fourth-order valence-corrected chi connectivity index (χ4v) is 8.85. The van der Waals surface area contributed by atoms with Crippen LogP contribution < -0.4 is 18.9 Å². The van der Waals surface area contributed by atoms with Gasteiger partial charge in [-0.05, 0) is 140 Å². The Kier molecular flexibility index (Phi) is 17.2. The molecule has 1 N–H and O–H groups in total. The van der Waals surface area contributed by atoms with Crippen LogP contribution in [-0.2, 0) is 25.8 Å². The number of rotatable bonds is 21. The van der Waals surface area contributed by atoms with E-state index in [9.17, 15) is 5.11 Å². The smallest absolute Gasteiger partial charge is 0.164 e. The standard InChI is InChI=1S/C56H73NO5/c1-9-15-20-57(21-16-10-2)38-41-29-46-31-42-18-17-19-51(55(42)61-24-13-5)45-34-50(56(52(58)37-45)62-25-14-6)36-49-33-44(43-27-39(7)26-40(8)28-43)32-48(54(49)60-23-12-4)35-47(30-41)53(46)59-22-11-3/h17-19,26-30,32-34,37,58H,9-16,20-25,31,35-36,38H2,1-8H3. The van der Waals surface area contributed by atoms with Crippen LogP contribution in [0, 0.1) is 13.8 Å². The van der Waals surface area contributed by atoms with E-state index in [0.29, 0.717) is 51.4 Å². The zero-order valence-corrected chi connectivity index (χ0v) is 39.2. The summed E-state index contributed by atoms with van der Waals surface area (Å²) in [6, 6.07) is 26.8. The molecule has 0 amide bonds. The SMILES string of the molecule is CCCCN(CCCC)Cc1cc2c(OCCC)c(c1)Cc1cccc(c1OCCC)-c1cc(O)c(OCCC)c(c1)Cc1cc(-c3cc(C)cc(C)c3)cc(c1OCCC)C2. The van der Waals surface area contributed by atoms with Crippen LogP contribution in [0.4, 0.5) is 0 Å². The number of aromatic hydroxyl groups is 1. The van der Waals surface area contributed by atoms with Crippen LogP contribution in [0.3, 0.4) is 0 Å². The summed E-state index contributed by atoms with van der Waals surface area (Å²) in [7, 11) is 0. The molecule has 5 aromatic carbocycles. The van der Waals surface area contributed by atoms with Gasteiger partial charge in [-0.25, -0.2) is 0 Å². The van der Waals surface area contributed by atoms with E-state index in [4.69, 9.17) is 18.9 Å². The lowest BCUT2D eigenvalue weighted by Gasteiger charge is -2.25. The van der Waals surface area contributed by atoms with Gasteiger partial charge < -0.3 is 24.1 Å². The second-order valence-electron chi connectivity index (χ2n) is 17.4. The number of fused-ring (bicyclic) bond motifs is 9. The molecule has 1 aliphatic rings. The molecule has 5 aromatic rings. The zero-order chi connectivity index (χ0) is 44.0. The molecule has 0 atom stereocenters. The van der Waals surface area contributed by atoms with E-state index in [-0.39, 0.29) is 5.75 Å². The van der Waals surface area contributed by atoms with Gasteiger partial charge in [-0.15, -0.1) is 0 Å². The van der Waals surface area contributed by atoms with Gasteiger partial charge in [0.15, 0.2) is 11.5 Å². The van der Waals surface area contributed by atoms with Crippen molar-refractivity contribution in [2.75, 3.05) is 39.5 Å². The minimum atomic E-state index is 0.131. The molecule has 332 valence electrons. The molecule has 6 rings (SSSR count). The molecule has 8 bridgehead atoms. The number of benzene rings is 5. The van der Waals surface area contributed by atoms with Crippen molar-refractivity contribution in [1.29, 1.82) is 0 Å². The second-order valence-corrected chi connectivity index (χ2v) is 17.4. The van der Waals surface area contributed by atoms with Crippen molar-refractivity contribution in [3.8, 4) is 51.0 Å². The van der Waals surface area contributed by atoms with Gasteiger partial charge in [0.1, 0.15) is 17.2 Å². The third-order valence-corrected chi connectivity index (χ3v) is 11.7. The van der Waals surface area contributed by atoms with E-state index >= 15 is 0 Å². The number of para-hydroxylation sites is 1. The lowest BCUT2D eigenvalue weighted by atomic mass is 9.89. The van der Waals surface area contributed by atoms with Crippen LogP contribution in [0.1, 0.15) is 143 Å². The zero-order valence-electron chi connectivity index (χ0n) is 39.2. The monoisotopic (exact) mass is 840 g/mol. The Morgan fingerprint density at radius 2 is 0.919 bits per heavy atom. The summed E-state index contributed by atoms with van der Waals surface area (Å²) in [5.74, 6) is 3.36. The first-order valence-electron chi connectivity index (χ1n) is 23.8. The van der Waals surface area contributed by atoms with Crippen molar-refractivity contribution < 1.29 is 24.1 Å². The normalized spacial score (nSPS) is 12.2. The molecule has 1 aliphatic carbocycles. The number of nitrogens with zero attached hydrogens (tertiary/aromatic N) is 1. The predicted octanol–water partition coefficient (Wildman–Crippen LogP) is 14.0. The van der Waals surface area contributed by atoms with Crippen molar-refractivity contribution in [3.05, 3.63) is 123 Å². The highest BCUT2D eigenvalue weighted by Crippen LogP contribution is 2.45. The average molecular weight is 840 g/mol. The van der Waals surface area contributed by atoms with E-state index in [1.807, 2.05) is 6.07 Å². The molecular weight excluding hydrogens is 767 g/mol. The third-order valence-electron chi connectivity index (χ3n) is 11.7. The summed E-state index contributed by atoms with van der Waals surface area (Å²) in [4.78, 5) is 2.65. The molecule has 0 radical (unpaired) electrons. The Morgan fingerprint density at radius 1 is 0.468 bits per heavy atom. The van der Waals surface area contributed by atoms with E-state index < -0.39 is 0 Å². The van der Waals surface area contributed by atoms with E-state index in [1.54, 1.807) is 0 Å². The van der Waals surface area contributed by atoms with Crippen LogP contribution in [0.15, 0.2) is 72.8 Å². The van der Waals surface area contributed by atoms with E-state index in [2.05, 4.69) is 127 Å². The molecule has 6 nitrogen and oxygen atoms in total. The summed E-state index contributed by atoms with van der Waals surface area (Å²) in [5.41, 5.74) is 14.5. The summed E-state index contributed by atoms with van der Waals surface area (Å²) in [6.07, 6.45) is 9.97. The molecule has 0 fully saturated rings. The van der Waals surface area contributed by atoms with Crippen molar-refractivity contribution >= 4 is 0 Å². The molecule has 6 heteroatoms. The molecule has 0 unspecified atom stereocenters. The third kappa shape index (κ3) is 11.7. The first-order valence-corrected chi connectivity index (χ1v) is 23.8. The van der Waals surface area contributed by atoms with Crippen LogP contribution in [0.2, 0.25) is 0 Å². The van der Waals surface area contributed by atoms with Crippen LogP contribution in [-0.4, -0.2) is 49.5 Å². The number of unbranched alkanes of at least 4 members (excludes halogenated alkanes) is 2. The highest BCUT2D eigenvalue weighted by Gasteiger charge is 2.25. The first-order chi connectivity index (χ1) is 30.2. The van der Waals surface area contributed by atoms with Crippen LogP contribution in [0.25, 0.3) is 22.3 Å². The maximum atomic E-state index is 11.9. The van der Waals surface area contributed by atoms with Crippen molar-refractivity contribution in [2.45, 2.75) is 133 Å². The fourth-order valence-electron chi connectivity index (χ4n) is 8.85. The average Bonchev–Trinajstić information content (AvgIpc) is 3.25.